The highest BCUT2D eigenvalue weighted by molar-refractivity contribution is 9.10. The first-order valence-corrected chi connectivity index (χ1v) is 6.21. The summed E-state index contributed by atoms with van der Waals surface area (Å²) in [7, 11) is 1.52. The van der Waals surface area contributed by atoms with Gasteiger partial charge >= 0.3 is 5.95 Å². The molecule has 0 saturated heterocycles. The molecule has 0 aliphatic rings. The summed E-state index contributed by atoms with van der Waals surface area (Å²) in [4.78, 5) is 25.2. The maximum Gasteiger partial charge on any atom is 0.490 e. The average Bonchev–Trinajstić information content (AvgIpc) is 2.87. The molecule has 20 heavy (non-hydrogen) atoms. The molecule has 0 spiro atoms. The minimum absolute atomic E-state index is 0.125. The van der Waals surface area contributed by atoms with E-state index in [-0.39, 0.29) is 12.3 Å². The Morgan fingerprint density at radius 3 is 2.85 bits per heavy atom. The zero-order chi connectivity index (χ0) is 14.7. The molecule has 1 heterocycles. The molecule has 2 aromatic rings. The van der Waals surface area contributed by atoms with Crippen LogP contribution < -0.4 is 4.74 Å². The summed E-state index contributed by atoms with van der Waals surface area (Å²) in [5.41, 5.74) is 0.441. The van der Waals surface area contributed by atoms with Crippen LogP contribution in [0.4, 0.5) is 5.95 Å². The number of ketones is 1. The van der Waals surface area contributed by atoms with Crippen molar-refractivity contribution in [3.8, 4) is 5.75 Å². The molecule has 1 aromatic carbocycles. The largest absolute Gasteiger partial charge is 0.496 e. The molecule has 0 radical (unpaired) electrons. The van der Waals surface area contributed by atoms with Crippen LogP contribution in [0.15, 0.2) is 29.0 Å². The van der Waals surface area contributed by atoms with E-state index in [4.69, 9.17) is 4.74 Å². The predicted molar refractivity (Wildman–Crippen MR) is 71.7 cm³/mol. The standard InChI is InChI=1S/C11H9BrN4O4/c1-20-10-3-2-7(4-8(10)12)9(17)5-15-6-13-11(14-15)16(18)19/h2-4,6H,5H2,1H3. The summed E-state index contributed by atoms with van der Waals surface area (Å²) in [5, 5.41) is 14.0. The third kappa shape index (κ3) is 2.99. The molecule has 9 heteroatoms. The van der Waals surface area contributed by atoms with Crippen molar-refractivity contribution >= 4 is 27.7 Å². The van der Waals surface area contributed by atoms with E-state index in [1.54, 1.807) is 18.2 Å². The van der Waals surface area contributed by atoms with Gasteiger partial charge in [0.15, 0.2) is 5.78 Å². The van der Waals surface area contributed by atoms with E-state index < -0.39 is 10.9 Å². The van der Waals surface area contributed by atoms with Crippen molar-refractivity contribution in [3.05, 3.63) is 44.7 Å². The zero-order valence-corrected chi connectivity index (χ0v) is 11.9. The van der Waals surface area contributed by atoms with Gasteiger partial charge in [0.1, 0.15) is 12.3 Å². The summed E-state index contributed by atoms with van der Waals surface area (Å²) in [6.45, 7) is -0.125. The number of benzene rings is 1. The number of halogens is 1. The molecule has 1 aromatic heterocycles. The van der Waals surface area contributed by atoms with Crippen molar-refractivity contribution in [2.75, 3.05) is 7.11 Å². The fourth-order valence-corrected chi connectivity index (χ4v) is 2.06. The Morgan fingerprint density at radius 2 is 2.30 bits per heavy atom. The van der Waals surface area contributed by atoms with Gasteiger partial charge in [-0.3, -0.25) is 4.79 Å². The first-order chi connectivity index (χ1) is 9.51. The third-order valence-electron chi connectivity index (χ3n) is 2.47. The maximum atomic E-state index is 12.0. The van der Waals surface area contributed by atoms with E-state index >= 15 is 0 Å². The monoisotopic (exact) mass is 340 g/mol. The summed E-state index contributed by atoms with van der Waals surface area (Å²) in [6, 6.07) is 4.88. The lowest BCUT2D eigenvalue weighted by atomic mass is 10.1. The summed E-state index contributed by atoms with van der Waals surface area (Å²) < 4.78 is 6.84. The number of carbonyl (C=O) groups excluding carboxylic acids is 1. The number of hydrogen-bond acceptors (Lipinski definition) is 6. The molecule has 0 saturated carbocycles. The second-order valence-electron chi connectivity index (χ2n) is 3.77. The average molecular weight is 341 g/mol. The Hall–Kier alpha value is -2.29. The second-order valence-corrected chi connectivity index (χ2v) is 4.63. The summed E-state index contributed by atoms with van der Waals surface area (Å²) in [6.07, 6.45) is 1.15. The van der Waals surface area contributed by atoms with Crippen molar-refractivity contribution in [2.24, 2.45) is 0 Å². The molecule has 0 bridgehead atoms. The predicted octanol–water partition coefficient (Wildman–Crippen LogP) is 1.84. The van der Waals surface area contributed by atoms with Gasteiger partial charge in [0.25, 0.3) is 0 Å². The van der Waals surface area contributed by atoms with Gasteiger partial charge in [-0.2, -0.15) is 4.68 Å². The van der Waals surface area contributed by atoms with Crippen LogP contribution >= 0.6 is 15.9 Å². The van der Waals surface area contributed by atoms with E-state index in [1.165, 1.54) is 7.11 Å². The molecule has 0 atom stereocenters. The Kier molecular flexibility index (Phi) is 4.08. The minimum atomic E-state index is -0.717. The molecule has 0 amide bonds. The van der Waals surface area contributed by atoms with Crippen LogP contribution in [0.25, 0.3) is 0 Å². The Balaban J connectivity index is 2.15. The van der Waals surface area contributed by atoms with Gasteiger partial charge in [0.2, 0.25) is 6.33 Å². The van der Waals surface area contributed by atoms with Gasteiger partial charge < -0.3 is 14.9 Å². The highest BCUT2D eigenvalue weighted by Gasteiger charge is 2.16. The Morgan fingerprint density at radius 1 is 1.55 bits per heavy atom. The number of Topliss-reactive ketones (excluding diaryl/α,β-unsaturated/α-hetero) is 1. The van der Waals surface area contributed by atoms with E-state index in [1.807, 2.05) is 0 Å². The smallest absolute Gasteiger partial charge is 0.490 e. The van der Waals surface area contributed by atoms with Crippen LogP contribution in [0.1, 0.15) is 10.4 Å². The first kappa shape index (κ1) is 14.1. The minimum Gasteiger partial charge on any atom is -0.496 e. The van der Waals surface area contributed by atoms with E-state index in [2.05, 4.69) is 26.0 Å². The van der Waals surface area contributed by atoms with Gasteiger partial charge in [-0.1, -0.05) is 4.98 Å². The van der Waals surface area contributed by atoms with Gasteiger partial charge in [0.05, 0.1) is 11.6 Å². The van der Waals surface area contributed by atoms with Crippen molar-refractivity contribution in [2.45, 2.75) is 6.54 Å². The molecule has 2 rings (SSSR count). The Bertz CT molecular complexity index is 670. The summed E-state index contributed by atoms with van der Waals surface area (Å²) in [5.74, 6) is -0.167. The van der Waals surface area contributed by atoms with Crippen molar-refractivity contribution in [3.63, 3.8) is 0 Å². The van der Waals surface area contributed by atoms with E-state index in [0.29, 0.717) is 15.8 Å². The van der Waals surface area contributed by atoms with E-state index in [9.17, 15) is 14.9 Å². The Labute approximate surface area is 121 Å². The number of aromatic nitrogens is 3. The molecule has 0 aliphatic carbocycles. The highest BCUT2D eigenvalue weighted by Crippen LogP contribution is 2.25. The quantitative estimate of drug-likeness (QED) is 0.467. The number of nitro groups is 1. The first-order valence-electron chi connectivity index (χ1n) is 5.42. The molecule has 0 aliphatic heterocycles. The number of hydrogen-bond donors (Lipinski definition) is 0. The lowest BCUT2D eigenvalue weighted by Crippen LogP contribution is -2.11. The van der Waals surface area contributed by atoms with Gasteiger partial charge in [-0.05, 0) is 39.1 Å². The maximum absolute atomic E-state index is 12.0. The molecular formula is C11H9BrN4O4. The fraction of sp³-hybridized carbons (Fsp3) is 0.182. The van der Waals surface area contributed by atoms with Gasteiger partial charge in [0, 0.05) is 10.7 Å². The third-order valence-corrected chi connectivity index (χ3v) is 3.09. The van der Waals surface area contributed by atoms with Crippen LogP contribution in [0, 0.1) is 10.1 Å². The molecule has 0 N–H and O–H groups in total. The van der Waals surface area contributed by atoms with Gasteiger partial charge in [-0.15, -0.1) is 0 Å². The normalized spacial score (nSPS) is 10.3. The van der Waals surface area contributed by atoms with Crippen LogP contribution in [-0.4, -0.2) is 32.6 Å². The van der Waals surface area contributed by atoms with Crippen molar-refractivity contribution in [1.82, 2.24) is 14.8 Å². The molecule has 0 fully saturated rings. The van der Waals surface area contributed by atoms with Crippen LogP contribution in [-0.2, 0) is 6.54 Å². The van der Waals surface area contributed by atoms with Crippen LogP contribution in [0.3, 0.4) is 0 Å². The number of nitrogens with zero attached hydrogens (tertiary/aromatic N) is 4. The van der Waals surface area contributed by atoms with Crippen LogP contribution in [0.5, 0.6) is 5.75 Å². The van der Waals surface area contributed by atoms with Crippen LogP contribution in [0.2, 0.25) is 0 Å². The highest BCUT2D eigenvalue weighted by atomic mass is 79.9. The molecule has 8 nitrogen and oxygen atoms in total. The lowest BCUT2D eigenvalue weighted by Gasteiger charge is -2.05. The van der Waals surface area contributed by atoms with Gasteiger partial charge in [-0.25, -0.2) is 0 Å². The number of ether oxygens (including phenoxy) is 1. The molecule has 0 unspecified atom stereocenters. The molecule has 104 valence electrons. The topological polar surface area (TPSA) is 100 Å². The van der Waals surface area contributed by atoms with Crippen molar-refractivity contribution < 1.29 is 14.5 Å². The van der Waals surface area contributed by atoms with Crippen molar-refractivity contribution in [1.29, 1.82) is 0 Å². The second kappa shape index (κ2) is 5.78. The number of carbonyl (C=O) groups is 1. The molecular weight excluding hydrogens is 332 g/mol. The fourth-order valence-electron chi connectivity index (χ4n) is 1.52. The van der Waals surface area contributed by atoms with E-state index in [0.717, 1.165) is 11.0 Å². The lowest BCUT2D eigenvalue weighted by molar-refractivity contribution is -0.394. The number of methoxy groups -OCH3 is 1. The SMILES string of the molecule is COc1ccc(C(=O)Cn2cnc([N+](=O)[O-])n2)cc1Br. The number of rotatable bonds is 5. The summed E-state index contributed by atoms with van der Waals surface area (Å²) >= 11 is 3.28. The zero-order valence-electron chi connectivity index (χ0n) is 10.3.